The molecule has 0 spiro atoms. The Labute approximate surface area is 157 Å². The first-order valence-corrected chi connectivity index (χ1v) is 9.42. The highest BCUT2D eigenvalue weighted by Crippen LogP contribution is 2.33. The van der Waals surface area contributed by atoms with Gasteiger partial charge in [-0.15, -0.1) is 0 Å². The highest BCUT2D eigenvalue weighted by atomic mass is 16.2. The zero-order valence-corrected chi connectivity index (χ0v) is 15.4. The SMILES string of the molecule is CCn1c(C2CCCN2C(=O)CN2CCC(=O)NC2=O)nc2ccccc21. The van der Waals surface area contributed by atoms with Crippen molar-refractivity contribution in [2.24, 2.45) is 0 Å². The van der Waals surface area contributed by atoms with Crippen LogP contribution in [0.1, 0.15) is 38.1 Å². The van der Waals surface area contributed by atoms with Crippen LogP contribution in [0, 0.1) is 0 Å². The normalized spacial score (nSPS) is 20.4. The third-order valence-electron chi connectivity index (χ3n) is 5.34. The summed E-state index contributed by atoms with van der Waals surface area (Å²) in [6.07, 6.45) is 2.00. The van der Waals surface area contributed by atoms with E-state index < -0.39 is 6.03 Å². The van der Waals surface area contributed by atoms with E-state index in [2.05, 4.69) is 16.8 Å². The van der Waals surface area contributed by atoms with Crippen LogP contribution >= 0.6 is 0 Å². The number of fused-ring (bicyclic) bond motifs is 1. The monoisotopic (exact) mass is 369 g/mol. The Balaban J connectivity index is 1.56. The van der Waals surface area contributed by atoms with Gasteiger partial charge in [0, 0.05) is 26.1 Å². The molecule has 0 aliphatic carbocycles. The zero-order valence-electron chi connectivity index (χ0n) is 15.4. The van der Waals surface area contributed by atoms with Gasteiger partial charge in [0.25, 0.3) is 0 Å². The number of urea groups is 1. The van der Waals surface area contributed by atoms with Crippen LogP contribution in [-0.4, -0.2) is 56.8 Å². The molecule has 2 fully saturated rings. The van der Waals surface area contributed by atoms with E-state index in [4.69, 9.17) is 4.98 Å². The molecule has 8 heteroatoms. The lowest BCUT2D eigenvalue weighted by Gasteiger charge is -2.30. The summed E-state index contributed by atoms with van der Waals surface area (Å²) < 4.78 is 2.16. The van der Waals surface area contributed by atoms with Gasteiger partial charge in [-0.1, -0.05) is 12.1 Å². The lowest BCUT2D eigenvalue weighted by molar-refractivity contribution is -0.134. The maximum atomic E-state index is 12.9. The molecule has 1 aromatic heterocycles. The number of aryl methyl sites for hydroxylation is 1. The number of imidazole rings is 1. The zero-order chi connectivity index (χ0) is 19.0. The van der Waals surface area contributed by atoms with Gasteiger partial charge in [0.1, 0.15) is 12.4 Å². The molecule has 8 nitrogen and oxygen atoms in total. The maximum absolute atomic E-state index is 12.9. The van der Waals surface area contributed by atoms with Gasteiger partial charge in [-0.2, -0.15) is 0 Å². The van der Waals surface area contributed by atoms with Gasteiger partial charge in [0.05, 0.1) is 17.1 Å². The fraction of sp³-hybridized carbons (Fsp3) is 0.474. The van der Waals surface area contributed by atoms with E-state index in [0.717, 1.165) is 36.2 Å². The number of hydrogen-bond donors (Lipinski definition) is 1. The fourth-order valence-corrected chi connectivity index (χ4v) is 4.02. The summed E-state index contributed by atoms with van der Waals surface area (Å²) in [4.78, 5) is 44.2. The first kappa shape index (κ1) is 17.5. The Kier molecular flexibility index (Phi) is 4.55. The van der Waals surface area contributed by atoms with E-state index >= 15 is 0 Å². The minimum Gasteiger partial charge on any atom is -0.331 e. The van der Waals surface area contributed by atoms with Crippen molar-refractivity contribution in [3.63, 3.8) is 0 Å². The molecule has 142 valence electrons. The topological polar surface area (TPSA) is 87.5 Å². The third kappa shape index (κ3) is 3.15. The fourth-order valence-electron chi connectivity index (χ4n) is 4.02. The molecule has 1 unspecified atom stereocenters. The van der Waals surface area contributed by atoms with E-state index in [0.29, 0.717) is 6.54 Å². The summed E-state index contributed by atoms with van der Waals surface area (Å²) >= 11 is 0. The molecular formula is C19H23N5O3. The standard InChI is InChI=1S/C19H23N5O3/c1-2-23-14-7-4-3-6-13(14)20-18(23)15-8-5-10-24(15)17(26)12-22-11-9-16(25)21-19(22)27/h3-4,6-7,15H,2,5,8-12H2,1H3,(H,21,25,27). The number of aromatic nitrogens is 2. The summed E-state index contributed by atoms with van der Waals surface area (Å²) in [7, 11) is 0. The molecule has 27 heavy (non-hydrogen) atoms. The average Bonchev–Trinajstić information content (AvgIpc) is 3.27. The smallest absolute Gasteiger partial charge is 0.324 e. The van der Waals surface area contributed by atoms with Gasteiger partial charge in [-0.25, -0.2) is 9.78 Å². The number of carbonyl (C=O) groups excluding carboxylic acids is 3. The second-order valence-corrected chi connectivity index (χ2v) is 6.97. The first-order valence-electron chi connectivity index (χ1n) is 9.42. The summed E-state index contributed by atoms with van der Waals surface area (Å²) in [6, 6.07) is 7.42. The van der Waals surface area contributed by atoms with Gasteiger partial charge < -0.3 is 14.4 Å². The molecule has 2 saturated heterocycles. The largest absolute Gasteiger partial charge is 0.331 e. The Morgan fingerprint density at radius 3 is 2.85 bits per heavy atom. The molecule has 4 amide bonds. The molecule has 1 aromatic carbocycles. The van der Waals surface area contributed by atoms with Crippen molar-refractivity contribution in [1.82, 2.24) is 24.7 Å². The second-order valence-electron chi connectivity index (χ2n) is 6.97. The van der Waals surface area contributed by atoms with Crippen LogP contribution in [0.15, 0.2) is 24.3 Å². The van der Waals surface area contributed by atoms with E-state index in [1.54, 1.807) is 0 Å². The van der Waals surface area contributed by atoms with Crippen LogP contribution in [0.3, 0.4) is 0 Å². The summed E-state index contributed by atoms with van der Waals surface area (Å²) in [5.41, 5.74) is 2.01. The number of likely N-dealkylation sites (tertiary alicyclic amines) is 1. The van der Waals surface area contributed by atoms with E-state index in [1.165, 1.54) is 4.90 Å². The molecule has 3 heterocycles. The van der Waals surface area contributed by atoms with E-state index in [1.807, 2.05) is 29.2 Å². The molecule has 0 radical (unpaired) electrons. The highest BCUT2D eigenvalue weighted by Gasteiger charge is 2.35. The third-order valence-corrected chi connectivity index (χ3v) is 5.34. The summed E-state index contributed by atoms with van der Waals surface area (Å²) in [5.74, 6) is 0.513. The van der Waals surface area contributed by atoms with Crippen molar-refractivity contribution in [3.05, 3.63) is 30.1 Å². The predicted octanol–water partition coefficient (Wildman–Crippen LogP) is 1.66. The average molecular weight is 369 g/mol. The molecule has 1 N–H and O–H groups in total. The molecule has 4 rings (SSSR count). The molecule has 0 bridgehead atoms. The van der Waals surface area contributed by atoms with E-state index in [-0.39, 0.29) is 37.4 Å². The van der Waals surface area contributed by atoms with Crippen molar-refractivity contribution in [3.8, 4) is 0 Å². The molecule has 2 aromatic rings. The number of nitrogens with zero attached hydrogens (tertiary/aromatic N) is 4. The number of para-hydroxylation sites is 2. The first-order chi connectivity index (χ1) is 13.1. The molecule has 0 saturated carbocycles. The minimum absolute atomic E-state index is 0.0119. The number of nitrogens with one attached hydrogen (secondary N) is 1. The Morgan fingerprint density at radius 2 is 2.07 bits per heavy atom. The number of benzene rings is 1. The van der Waals surface area contributed by atoms with Crippen LogP contribution in [0.4, 0.5) is 4.79 Å². The minimum atomic E-state index is -0.490. The number of hydrogen-bond acceptors (Lipinski definition) is 4. The lowest BCUT2D eigenvalue weighted by atomic mass is 10.2. The maximum Gasteiger partial charge on any atom is 0.324 e. The van der Waals surface area contributed by atoms with Crippen molar-refractivity contribution in [2.75, 3.05) is 19.6 Å². The van der Waals surface area contributed by atoms with Crippen molar-refractivity contribution in [2.45, 2.75) is 38.8 Å². The van der Waals surface area contributed by atoms with E-state index in [9.17, 15) is 14.4 Å². The van der Waals surface area contributed by atoms with Crippen molar-refractivity contribution >= 4 is 28.9 Å². The Hall–Kier alpha value is -2.90. The predicted molar refractivity (Wildman–Crippen MR) is 98.8 cm³/mol. The molecule has 2 aliphatic heterocycles. The summed E-state index contributed by atoms with van der Waals surface area (Å²) in [6.45, 7) is 3.79. The van der Waals surface area contributed by atoms with Crippen molar-refractivity contribution < 1.29 is 14.4 Å². The number of imide groups is 1. The van der Waals surface area contributed by atoms with Crippen LogP contribution in [0.25, 0.3) is 11.0 Å². The second kappa shape index (κ2) is 7.02. The highest BCUT2D eigenvalue weighted by molar-refractivity contribution is 5.98. The van der Waals surface area contributed by atoms with Crippen LogP contribution in [0.2, 0.25) is 0 Å². The van der Waals surface area contributed by atoms with Crippen LogP contribution in [-0.2, 0) is 16.1 Å². The van der Waals surface area contributed by atoms with Gasteiger partial charge in [0.15, 0.2) is 0 Å². The van der Waals surface area contributed by atoms with Crippen LogP contribution < -0.4 is 5.32 Å². The van der Waals surface area contributed by atoms with Gasteiger partial charge >= 0.3 is 6.03 Å². The van der Waals surface area contributed by atoms with Gasteiger partial charge in [-0.05, 0) is 31.9 Å². The quantitative estimate of drug-likeness (QED) is 0.888. The van der Waals surface area contributed by atoms with Crippen molar-refractivity contribution in [1.29, 1.82) is 0 Å². The Morgan fingerprint density at radius 1 is 1.26 bits per heavy atom. The number of amides is 4. The number of carbonyl (C=O) groups is 3. The molecule has 2 aliphatic rings. The van der Waals surface area contributed by atoms with Crippen LogP contribution in [0.5, 0.6) is 0 Å². The molecule has 1 atom stereocenters. The molecular weight excluding hydrogens is 346 g/mol. The summed E-state index contributed by atoms with van der Waals surface area (Å²) in [5, 5.41) is 2.27. The van der Waals surface area contributed by atoms with Gasteiger partial charge in [0.2, 0.25) is 11.8 Å². The lowest BCUT2D eigenvalue weighted by Crippen LogP contribution is -2.52. The Bertz CT molecular complexity index is 906. The van der Waals surface area contributed by atoms with Gasteiger partial charge in [-0.3, -0.25) is 14.9 Å². The number of rotatable bonds is 4.